The Bertz CT molecular complexity index is 525. The van der Waals surface area contributed by atoms with E-state index in [4.69, 9.17) is 5.11 Å². The molecule has 2 rings (SSSR count). The molecule has 4 heteroatoms. The first kappa shape index (κ1) is 13.4. The van der Waals surface area contributed by atoms with Crippen LogP contribution < -0.4 is 10.6 Å². The van der Waals surface area contributed by atoms with Crippen LogP contribution in [0, 0.1) is 18.8 Å². The minimum atomic E-state index is -0.154. The molecule has 0 saturated heterocycles. The molecule has 0 heterocycles. The van der Waals surface area contributed by atoms with Crippen LogP contribution in [-0.4, -0.2) is 23.8 Å². The van der Waals surface area contributed by atoms with Gasteiger partial charge in [-0.05, 0) is 49.9 Å². The van der Waals surface area contributed by atoms with Crippen LogP contribution in [0.15, 0.2) is 18.2 Å². The van der Waals surface area contributed by atoms with E-state index < -0.39 is 0 Å². The van der Waals surface area contributed by atoms with Gasteiger partial charge in [-0.2, -0.15) is 0 Å². The topological polar surface area (TPSA) is 61.4 Å². The molecule has 1 aliphatic rings. The zero-order chi connectivity index (χ0) is 13.7. The van der Waals surface area contributed by atoms with Crippen molar-refractivity contribution in [1.29, 1.82) is 0 Å². The summed E-state index contributed by atoms with van der Waals surface area (Å²) < 4.78 is 0. The number of urea groups is 1. The lowest BCUT2D eigenvalue weighted by molar-refractivity contribution is 0.240. The van der Waals surface area contributed by atoms with Gasteiger partial charge in [-0.3, -0.25) is 0 Å². The van der Waals surface area contributed by atoms with Gasteiger partial charge < -0.3 is 15.7 Å². The Morgan fingerprint density at radius 3 is 2.84 bits per heavy atom. The van der Waals surface area contributed by atoms with E-state index >= 15 is 0 Å². The monoisotopic (exact) mass is 258 g/mol. The molecule has 19 heavy (non-hydrogen) atoms. The SMILES string of the molecule is Cc1cc(NC(=O)NC2CCC2)ccc1C#CCO. The van der Waals surface area contributed by atoms with E-state index in [0.717, 1.165) is 29.7 Å². The second-order valence-electron chi connectivity index (χ2n) is 4.72. The standard InChI is InChI=1S/C15H18N2O2/c1-11-10-14(8-7-12(11)4-3-9-18)17-15(19)16-13-5-2-6-13/h7-8,10,13,18H,2,5-6,9H2,1H3,(H2,16,17,19). The first-order valence-corrected chi connectivity index (χ1v) is 6.47. The van der Waals surface area contributed by atoms with Crippen molar-refractivity contribution < 1.29 is 9.90 Å². The molecule has 0 aromatic heterocycles. The molecule has 0 atom stereocenters. The molecule has 1 saturated carbocycles. The molecule has 3 N–H and O–H groups in total. The Hall–Kier alpha value is -1.99. The van der Waals surface area contributed by atoms with Crippen molar-refractivity contribution >= 4 is 11.7 Å². The highest BCUT2D eigenvalue weighted by Crippen LogP contribution is 2.18. The second-order valence-corrected chi connectivity index (χ2v) is 4.72. The van der Waals surface area contributed by atoms with Crippen molar-refractivity contribution in [1.82, 2.24) is 5.32 Å². The number of carbonyl (C=O) groups is 1. The minimum Gasteiger partial charge on any atom is -0.384 e. The van der Waals surface area contributed by atoms with Gasteiger partial charge in [0.05, 0.1) is 0 Å². The van der Waals surface area contributed by atoms with Crippen LogP contribution in [0.4, 0.5) is 10.5 Å². The molecular formula is C15H18N2O2. The number of amides is 2. The van der Waals surface area contributed by atoms with Gasteiger partial charge in [0, 0.05) is 17.3 Å². The van der Waals surface area contributed by atoms with Crippen LogP contribution >= 0.6 is 0 Å². The van der Waals surface area contributed by atoms with Crippen LogP contribution in [0.5, 0.6) is 0 Å². The molecule has 2 amide bonds. The summed E-state index contributed by atoms with van der Waals surface area (Å²) in [5.74, 6) is 5.48. The van der Waals surface area contributed by atoms with E-state index in [-0.39, 0.29) is 12.6 Å². The number of aliphatic hydroxyl groups is 1. The average Bonchev–Trinajstić information content (AvgIpc) is 2.33. The summed E-state index contributed by atoms with van der Waals surface area (Å²) >= 11 is 0. The zero-order valence-electron chi connectivity index (χ0n) is 11.0. The number of rotatable bonds is 2. The van der Waals surface area contributed by atoms with Gasteiger partial charge in [-0.25, -0.2) is 4.79 Å². The van der Waals surface area contributed by atoms with Crippen molar-refractivity contribution in [3.8, 4) is 11.8 Å². The van der Waals surface area contributed by atoms with E-state index in [0.29, 0.717) is 6.04 Å². The molecule has 0 aliphatic heterocycles. The quantitative estimate of drug-likeness (QED) is 0.711. The number of anilines is 1. The molecular weight excluding hydrogens is 240 g/mol. The fourth-order valence-corrected chi connectivity index (χ4v) is 1.92. The molecule has 0 spiro atoms. The van der Waals surface area contributed by atoms with Crippen LogP contribution in [0.1, 0.15) is 30.4 Å². The van der Waals surface area contributed by atoms with E-state index in [9.17, 15) is 4.79 Å². The van der Waals surface area contributed by atoms with E-state index in [1.165, 1.54) is 6.42 Å². The highest BCUT2D eigenvalue weighted by atomic mass is 16.2. The number of carbonyl (C=O) groups excluding carboxylic acids is 1. The van der Waals surface area contributed by atoms with Gasteiger partial charge in [0.15, 0.2) is 0 Å². The molecule has 4 nitrogen and oxygen atoms in total. The summed E-state index contributed by atoms with van der Waals surface area (Å²) in [6.45, 7) is 1.78. The lowest BCUT2D eigenvalue weighted by Crippen LogP contribution is -2.41. The number of hydrogen-bond donors (Lipinski definition) is 3. The molecule has 1 aromatic carbocycles. The molecule has 1 fully saturated rings. The summed E-state index contributed by atoms with van der Waals surface area (Å²) in [6.07, 6.45) is 3.34. The van der Waals surface area contributed by atoms with Crippen molar-refractivity contribution in [2.45, 2.75) is 32.2 Å². The third-order valence-electron chi connectivity index (χ3n) is 3.23. The summed E-state index contributed by atoms with van der Waals surface area (Å²) in [7, 11) is 0. The molecule has 0 unspecified atom stereocenters. The molecule has 1 aromatic rings. The van der Waals surface area contributed by atoms with E-state index in [2.05, 4.69) is 22.5 Å². The lowest BCUT2D eigenvalue weighted by atomic mass is 9.93. The highest BCUT2D eigenvalue weighted by Gasteiger charge is 2.19. The van der Waals surface area contributed by atoms with E-state index in [1.807, 2.05) is 25.1 Å². The molecule has 0 radical (unpaired) electrons. The van der Waals surface area contributed by atoms with Crippen molar-refractivity contribution in [3.63, 3.8) is 0 Å². The fraction of sp³-hybridized carbons (Fsp3) is 0.400. The predicted molar refractivity (Wildman–Crippen MR) is 74.9 cm³/mol. The largest absolute Gasteiger partial charge is 0.384 e. The maximum atomic E-state index is 11.7. The second kappa shape index (κ2) is 6.26. The van der Waals surface area contributed by atoms with E-state index in [1.54, 1.807) is 0 Å². The van der Waals surface area contributed by atoms with Gasteiger partial charge in [0.1, 0.15) is 6.61 Å². The van der Waals surface area contributed by atoms with Crippen LogP contribution in [0.25, 0.3) is 0 Å². The first-order chi connectivity index (χ1) is 9.19. The number of nitrogens with one attached hydrogen (secondary N) is 2. The number of aryl methyl sites for hydroxylation is 1. The van der Waals surface area contributed by atoms with Gasteiger partial charge in [-0.15, -0.1) is 0 Å². The number of benzene rings is 1. The Labute approximate surface area is 113 Å². The van der Waals surface area contributed by atoms with Crippen LogP contribution in [-0.2, 0) is 0 Å². The van der Waals surface area contributed by atoms with Crippen LogP contribution in [0.2, 0.25) is 0 Å². The Morgan fingerprint density at radius 1 is 1.47 bits per heavy atom. The van der Waals surface area contributed by atoms with Crippen molar-refractivity contribution in [3.05, 3.63) is 29.3 Å². The average molecular weight is 258 g/mol. The third kappa shape index (κ3) is 3.73. The molecule has 100 valence electrons. The van der Waals surface area contributed by atoms with Gasteiger partial charge in [0.2, 0.25) is 0 Å². The van der Waals surface area contributed by atoms with Gasteiger partial charge >= 0.3 is 6.03 Å². The Balaban J connectivity index is 1.96. The maximum absolute atomic E-state index is 11.7. The van der Waals surface area contributed by atoms with Gasteiger partial charge in [-0.1, -0.05) is 11.8 Å². The van der Waals surface area contributed by atoms with Crippen molar-refractivity contribution in [2.24, 2.45) is 0 Å². The zero-order valence-corrected chi connectivity index (χ0v) is 11.0. The minimum absolute atomic E-state index is 0.150. The van der Waals surface area contributed by atoms with Crippen LogP contribution in [0.3, 0.4) is 0 Å². The summed E-state index contributed by atoms with van der Waals surface area (Å²) in [6, 6.07) is 5.71. The number of hydrogen-bond acceptors (Lipinski definition) is 2. The number of aliphatic hydroxyl groups excluding tert-OH is 1. The normalized spacial score (nSPS) is 14.0. The third-order valence-corrected chi connectivity index (χ3v) is 3.23. The predicted octanol–water partition coefficient (Wildman–Crippen LogP) is 2.01. The summed E-state index contributed by atoms with van der Waals surface area (Å²) in [5, 5.41) is 14.4. The maximum Gasteiger partial charge on any atom is 0.319 e. The molecule has 0 bridgehead atoms. The first-order valence-electron chi connectivity index (χ1n) is 6.47. The summed E-state index contributed by atoms with van der Waals surface area (Å²) in [4.78, 5) is 11.7. The fourth-order valence-electron chi connectivity index (χ4n) is 1.92. The Morgan fingerprint density at radius 2 is 2.26 bits per heavy atom. The highest BCUT2D eigenvalue weighted by molar-refractivity contribution is 5.89. The molecule has 1 aliphatic carbocycles. The Kier molecular flexibility index (Phi) is 4.43. The van der Waals surface area contributed by atoms with Gasteiger partial charge in [0.25, 0.3) is 0 Å². The smallest absolute Gasteiger partial charge is 0.319 e. The summed E-state index contributed by atoms with van der Waals surface area (Å²) in [5.41, 5.74) is 2.59. The lowest BCUT2D eigenvalue weighted by Gasteiger charge is -2.26. The van der Waals surface area contributed by atoms with Crippen molar-refractivity contribution in [2.75, 3.05) is 11.9 Å².